The molecule has 4 atom stereocenters. The fourth-order valence-corrected chi connectivity index (χ4v) is 7.02. The molecule has 1 amide bonds. The standard InChI is InChI=1S/C28H33N7O8S/c1-34(2)15-9-13(7-6-8-33-44(5,42)43)19(36)16-14(15)10-26(31)11-28(32)22(35(3)4)21(38)17(25(30)41)23(39)27(28,12-29)24(40)18(26)20(16)37/h9,22,33,36-37,39H,8,10-11,31-32H2,1-5H3,(H2,30,41)/t22-,26-,27+,28-/m1/s1. The maximum atomic E-state index is 14.5. The number of amides is 1. The summed E-state index contributed by atoms with van der Waals surface area (Å²) in [5.41, 5.74) is 11.2. The van der Waals surface area contributed by atoms with Gasteiger partial charge in [0.25, 0.3) is 5.91 Å². The fourth-order valence-electron chi connectivity index (χ4n) is 6.68. The highest BCUT2D eigenvalue weighted by atomic mass is 32.2. The van der Waals surface area contributed by atoms with E-state index in [1.54, 1.807) is 25.1 Å². The summed E-state index contributed by atoms with van der Waals surface area (Å²) in [7, 11) is 2.66. The van der Waals surface area contributed by atoms with E-state index in [2.05, 4.69) is 16.6 Å². The number of hydrogen-bond acceptors (Lipinski definition) is 13. The zero-order chi connectivity index (χ0) is 33.3. The van der Waals surface area contributed by atoms with Gasteiger partial charge in [0.05, 0.1) is 52.7 Å². The Morgan fingerprint density at radius 1 is 1.18 bits per heavy atom. The van der Waals surface area contributed by atoms with Crippen LogP contribution in [0, 0.1) is 28.6 Å². The number of rotatable bonds is 5. The summed E-state index contributed by atoms with van der Waals surface area (Å²) in [5, 5.41) is 44.8. The molecule has 4 rings (SSSR count). The van der Waals surface area contributed by atoms with Crippen molar-refractivity contribution < 1.29 is 38.1 Å². The highest BCUT2D eigenvalue weighted by Crippen LogP contribution is 2.59. The van der Waals surface area contributed by atoms with Gasteiger partial charge < -0.3 is 37.4 Å². The van der Waals surface area contributed by atoms with E-state index in [0.717, 1.165) is 6.26 Å². The van der Waals surface area contributed by atoms with Crippen LogP contribution in [-0.2, 0) is 30.8 Å². The number of hydrogen-bond donors (Lipinski definition) is 7. The number of aliphatic hydroxyl groups is 2. The first-order valence-corrected chi connectivity index (χ1v) is 15.0. The van der Waals surface area contributed by atoms with Crippen molar-refractivity contribution in [1.82, 2.24) is 9.62 Å². The molecule has 1 aromatic rings. The first-order chi connectivity index (χ1) is 20.2. The number of nitrogens with zero attached hydrogens (tertiary/aromatic N) is 3. The molecule has 0 spiro atoms. The van der Waals surface area contributed by atoms with Crippen molar-refractivity contribution >= 4 is 38.9 Å². The first kappa shape index (κ1) is 32.5. The van der Waals surface area contributed by atoms with Crippen LogP contribution in [0.1, 0.15) is 23.1 Å². The van der Waals surface area contributed by atoms with E-state index in [1.165, 1.54) is 25.1 Å². The lowest BCUT2D eigenvalue weighted by atomic mass is 9.47. The monoisotopic (exact) mass is 627 g/mol. The lowest BCUT2D eigenvalue weighted by Gasteiger charge is -2.58. The summed E-state index contributed by atoms with van der Waals surface area (Å²) in [6.45, 7) is -0.285. The largest absolute Gasteiger partial charge is 0.509 e. The Hall–Kier alpha value is -4.45. The van der Waals surface area contributed by atoms with Crippen LogP contribution in [0.2, 0.25) is 0 Å². The van der Waals surface area contributed by atoms with Crippen molar-refractivity contribution in [1.29, 1.82) is 5.26 Å². The molecule has 16 heteroatoms. The summed E-state index contributed by atoms with van der Waals surface area (Å²) in [5.74, 6) is -1.06. The summed E-state index contributed by atoms with van der Waals surface area (Å²) in [6, 6.07) is 1.70. The third kappa shape index (κ3) is 4.42. The summed E-state index contributed by atoms with van der Waals surface area (Å²) >= 11 is 0. The number of carbonyl (C=O) groups is 3. The molecule has 10 N–H and O–H groups in total. The maximum absolute atomic E-state index is 14.5. The van der Waals surface area contributed by atoms with E-state index in [0.29, 0.717) is 5.69 Å². The first-order valence-electron chi connectivity index (χ1n) is 13.1. The second-order valence-corrected chi connectivity index (χ2v) is 13.6. The van der Waals surface area contributed by atoms with Gasteiger partial charge in [-0.1, -0.05) is 11.8 Å². The number of primary amides is 1. The Labute approximate surface area is 253 Å². The van der Waals surface area contributed by atoms with Gasteiger partial charge in [0.1, 0.15) is 22.8 Å². The molecule has 0 aliphatic heterocycles. The molecule has 3 aliphatic rings. The second kappa shape index (κ2) is 10.3. The van der Waals surface area contributed by atoms with E-state index in [9.17, 15) is 43.4 Å². The Morgan fingerprint density at radius 3 is 2.30 bits per heavy atom. The molecule has 0 saturated heterocycles. The molecule has 1 saturated carbocycles. The molecule has 0 aromatic heterocycles. The summed E-state index contributed by atoms with van der Waals surface area (Å²) in [6.07, 6.45) is 0.223. The van der Waals surface area contributed by atoms with Crippen molar-refractivity contribution in [3.8, 4) is 23.7 Å². The predicted octanol–water partition coefficient (Wildman–Crippen LogP) is -2.13. The zero-order valence-corrected chi connectivity index (χ0v) is 25.5. The fraction of sp³-hybridized carbons (Fsp3) is 0.429. The second-order valence-electron chi connectivity index (χ2n) is 11.7. The third-order valence-corrected chi connectivity index (χ3v) is 9.02. The number of nitriles is 1. The van der Waals surface area contributed by atoms with Gasteiger partial charge in [0.15, 0.2) is 17.0 Å². The lowest BCUT2D eigenvalue weighted by molar-refractivity contribution is -0.139. The highest BCUT2D eigenvalue weighted by molar-refractivity contribution is 7.88. The quantitative estimate of drug-likeness (QED) is 0.136. The molecule has 15 nitrogen and oxygen atoms in total. The minimum absolute atomic E-state index is 0.0273. The molecule has 0 bridgehead atoms. The minimum Gasteiger partial charge on any atom is -0.509 e. The van der Waals surface area contributed by atoms with Gasteiger partial charge in [0.2, 0.25) is 10.0 Å². The number of ketones is 2. The van der Waals surface area contributed by atoms with Crippen LogP contribution in [0.4, 0.5) is 5.69 Å². The van der Waals surface area contributed by atoms with Gasteiger partial charge in [-0.05, 0) is 38.6 Å². The Kier molecular flexibility index (Phi) is 7.62. The number of anilines is 1. The number of nitrogens with two attached hydrogens (primary N) is 3. The molecular formula is C28H33N7O8S. The molecule has 44 heavy (non-hydrogen) atoms. The number of benzene rings is 1. The smallest absolute Gasteiger partial charge is 0.255 e. The number of phenolic OH excluding ortho intramolecular Hbond substituents is 1. The van der Waals surface area contributed by atoms with Crippen molar-refractivity contribution in [2.24, 2.45) is 22.6 Å². The Balaban J connectivity index is 2.07. The predicted molar refractivity (Wildman–Crippen MR) is 158 cm³/mol. The number of sulfonamides is 1. The van der Waals surface area contributed by atoms with Gasteiger partial charge in [-0.15, -0.1) is 0 Å². The molecule has 0 radical (unpaired) electrons. The zero-order valence-electron chi connectivity index (χ0n) is 24.6. The van der Waals surface area contributed by atoms with Crippen LogP contribution in [-0.4, -0.2) is 104 Å². The molecule has 1 aromatic carbocycles. The molecule has 1 fully saturated rings. The van der Waals surface area contributed by atoms with Gasteiger partial charge >= 0.3 is 0 Å². The SMILES string of the molecule is CN(C)c1cc(C#CCNS(C)(=O)=O)c(O)c2c1C[C@@]1(N)C[C@@]3(N)[C@H](N(C)C)C(=O)C(C(N)=O)=C(O)[C@@]3(C#N)C(=O)C1=C2O. The van der Waals surface area contributed by atoms with Crippen LogP contribution < -0.4 is 26.8 Å². The van der Waals surface area contributed by atoms with E-state index in [4.69, 9.17) is 17.2 Å². The number of Topliss-reactive ketones (excluding diaryl/α,β-unsaturated/α-hetero) is 2. The summed E-state index contributed by atoms with van der Waals surface area (Å²) < 4.78 is 25.0. The van der Waals surface area contributed by atoms with Gasteiger partial charge in [-0.3, -0.25) is 19.3 Å². The van der Waals surface area contributed by atoms with Crippen molar-refractivity contribution in [2.45, 2.75) is 30.0 Å². The average Bonchev–Trinajstić information content (AvgIpc) is 2.85. The van der Waals surface area contributed by atoms with E-state index in [1.807, 2.05) is 0 Å². The maximum Gasteiger partial charge on any atom is 0.255 e. The van der Waals surface area contributed by atoms with Crippen molar-refractivity contribution in [3.63, 3.8) is 0 Å². The summed E-state index contributed by atoms with van der Waals surface area (Å²) in [4.78, 5) is 43.3. The van der Waals surface area contributed by atoms with Gasteiger partial charge in [-0.2, -0.15) is 5.26 Å². The van der Waals surface area contributed by atoms with Crippen LogP contribution in [0.3, 0.4) is 0 Å². The van der Waals surface area contributed by atoms with Crippen LogP contribution >= 0.6 is 0 Å². The number of fused-ring (bicyclic) bond motifs is 3. The van der Waals surface area contributed by atoms with E-state index >= 15 is 0 Å². The van der Waals surface area contributed by atoms with Gasteiger partial charge in [0, 0.05) is 19.8 Å². The number of nitrogens with one attached hydrogen (secondary N) is 1. The Bertz CT molecular complexity index is 1810. The van der Waals surface area contributed by atoms with Crippen molar-refractivity contribution in [3.05, 3.63) is 39.7 Å². The third-order valence-electron chi connectivity index (χ3n) is 8.35. The molecule has 0 heterocycles. The van der Waals surface area contributed by atoms with E-state index in [-0.39, 0.29) is 29.7 Å². The number of carbonyl (C=O) groups excluding carboxylic acids is 3. The topological polar surface area (TPSA) is 266 Å². The average molecular weight is 628 g/mol. The Morgan fingerprint density at radius 2 is 1.80 bits per heavy atom. The minimum atomic E-state index is -3.55. The lowest BCUT2D eigenvalue weighted by Crippen LogP contribution is -2.80. The van der Waals surface area contributed by atoms with E-state index < -0.39 is 84.9 Å². The molecule has 234 valence electrons. The molecular weight excluding hydrogens is 594 g/mol. The number of aliphatic hydroxyl groups excluding tert-OH is 2. The molecule has 3 aliphatic carbocycles. The number of phenols is 1. The van der Waals surface area contributed by atoms with Gasteiger partial charge in [-0.25, -0.2) is 13.1 Å². The number of likely N-dealkylation sites (N-methyl/N-ethyl adjacent to an activating group) is 1. The van der Waals surface area contributed by atoms with Crippen molar-refractivity contribution in [2.75, 3.05) is 45.9 Å². The normalized spacial score (nSPS) is 28.0. The van der Waals surface area contributed by atoms with Crippen LogP contribution in [0.5, 0.6) is 5.75 Å². The number of aromatic hydroxyl groups is 1. The highest BCUT2D eigenvalue weighted by Gasteiger charge is 2.74. The molecule has 0 unspecified atom stereocenters. The van der Waals surface area contributed by atoms with Crippen LogP contribution in [0.15, 0.2) is 23.0 Å². The van der Waals surface area contributed by atoms with Crippen LogP contribution in [0.25, 0.3) is 5.76 Å².